The Bertz CT molecular complexity index is 728. The van der Waals surface area contributed by atoms with Crippen molar-refractivity contribution in [1.29, 1.82) is 0 Å². The molecule has 0 amide bonds. The number of nitro benzene ring substituents is 1. The standard InChI is InChI=1S/C15H12BrNO4/c1-9-3-5-15(13(7-9)17(19)20)21-14-6-4-11(10(2)18)8-12(14)16/h3-8H,1-2H3. The summed E-state index contributed by atoms with van der Waals surface area (Å²) in [6.07, 6.45) is 0. The molecule has 5 nitrogen and oxygen atoms in total. The molecule has 0 unspecified atom stereocenters. The Morgan fingerprint density at radius 3 is 2.43 bits per heavy atom. The van der Waals surface area contributed by atoms with E-state index in [0.29, 0.717) is 15.8 Å². The van der Waals surface area contributed by atoms with E-state index in [9.17, 15) is 14.9 Å². The molecule has 2 rings (SSSR count). The van der Waals surface area contributed by atoms with Crippen LogP contribution >= 0.6 is 15.9 Å². The lowest BCUT2D eigenvalue weighted by molar-refractivity contribution is -0.385. The molecule has 2 aromatic rings. The zero-order valence-corrected chi connectivity index (χ0v) is 13.0. The summed E-state index contributed by atoms with van der Waals surface area (Å²) in [5.74, 6) is 0.498. The van der Waals surface area contributed by atoms with Crippen LogP contribution in [0.25, 0.3) is 0 Å². The first kappa shape index (κ1) is 15.2. The minimum absolute atomic E-state index is 0.0661. The van der Waals surface area contributed by atoms with Gasteiger partial charge in [-0.2, -0.15) is 0 Å². The number of carbonyl (C=O) groups excluding carboxylic acids is 1. The first-order valence-corrected chi connectivity index (χ1v) is 6.91. The Balaban J connectivity index is 2.39. The van der Waals surface area contributed by atoms with Crippen LogP contribution in [0.3, 0.4) is 0 Å². The maximum absolute atomic E-state index is 11.3. The van der Waals surface area contributed by atoms with Crippen LogP contribution < -0.4 is 4.74 Å². The van der Waals surface area contributed by atoms with Gasteiger partial charge in [-0.05, 0) is 59.6 Å². The summed E-state index contributed by atoms with van der Waals surface area (Å²) in [5, 5.41) is 11.1. The van der Waals surface area contributed by atoms with Gasteiger partial charge in [0.1, 0.15) is 5.75 Å². The number of aryl methyl sites for hydroxylation is 1. The predicted molar refractivity (Wildman–Crippen MR) is 82.1 cm³/mol. The molecule has 0 saturated carbocycles. The number of ketones is 1. The zero-order chi connectivity index (χ0) is 15.6. The topological polar surface area (TPSA) is 69.4 Å². The number of hydrogen-bond acceptors (Lipinski definition) is 4. The van der Waals surface area contributed by atoms with Gasteiger partial charge in [0.05, 0.1) is 9.40 Å². The van der Waals surface area contributed by atoms with Gasteiger partial charge in [0.15, 0.2) is 5.78 Å². The number of benzene rings is 2. The summed E-state index contributed by atoms with van der Waals surface area (Å²) in [5.41, 5.74) is 1.21. The highest BCUT2D eigenvalue weighted by atomic mass is 79.9. The predicted octanol–water partition coefficient (Wildman–Crippen LogP) is 4.66. The zero-order valence-electron chi connectivity index (χ0n) is 11.4. The van der Waals surface area contributed by atoms with Gasteiger partial charge in [0.25, 0.3) is 0 Å². The molecule has 0 fully saturated rings. The smallest absolute Gasteiger partial charge is 0.311 e. The third kappa shape index (κ3) is 3.46. The Morgan fingerprint density at radius 1 is 1.19 bits per heavy atom. The molecule has 0 bridgehead atoms. The highest BCUT2D eigenvalue weighted by molar-refractivity contribution is 9.10. The summed E-state index contributed by atoms with van der Waals surface area (Å²) in [7, 11) is 0. The molecule has 0 spiro atoms. The van der Waals surface area contributed by atoms with Crippen molar-refractivity contribution in [3.63, 3.8) is 0 Å². The van der Waals surface area contributed by atoms with Crippen molar-refractivity contribution in [1.82, 2.24) is 0 Å². The average molecular weight is 350 g/mol. The molecule has 6 heteroatoms. The molecular weight excluding hydrogens is 338 g/mol. The molecule has 0 saturated heterocycles. The van der Waals surface area contributed by atoms with Gasteiger partial charge in [-0.1, -0.05) is 6.07 Å². The summed E-state index contributed by atoms with van der Waals surface area (Å²) < 4.78 is 6.15. The lowest BCUT2D eigenvalue weighted by Gasteiger charge is -2.09. The van der Waals surface area contributed by atoms with Gasteiger partial charge in [0.2, 0.25) is 5.75 Å². The van der Waals surface area contributed by atoms with Crippen LogP contribution in [-0.2, 0) is 0 Å². The van der Waals surface area contributed by atoms with Crippen molar-refractivity contribution in [3.05, 3.63) is 62.1 Å². The van der Waals surface area contributed by atoms with E-state index in [4.69, 9.17) is 4.74 Å². The van der Waals surface area contributed by atoms with Gasteiger partial charge < -0.3 is 4.74 Å². The molecule has 2 aromatic carbocycles. The number of nitro groups is 1. The van der Waals surface area contributed by atoms with Crippen LogP contribution in [0.4, 0.5) is 5.69 Å². The van der Waals surface area contributed by atoms with Crippen LogP contribution in [0.1, 0.15) is 22.8 Å². The Hall–Kier alpha value is -2.21. The highest BCUT2D eigenvalue weighted by Crippen LogP contribution is 2.35. The van der Waals surface area contributed by atoms with Crippen LogP contribution in [-0.4, -0.2) is 10.7 Å². The van der Waals surface area contributed by atoms with E-state index in [2.05, 4.69) is 15.9 Å². The molecule has 0 aliphatic heterocycles. The molecule has 0 N–H and O–H groups in total. The minimum Gasteiger partial charge on any atom is -0.449 e. The number of carbonyl (C=O) groups is 1. The van der Waals surface area contributed by atoms with Gasteiger partial charge in [-0.3, -0.25) is 14.9 Å². The van der Waals surface area contributed by atoms with Crippen molar-refractivity contribution >= 4 is 27.4 Å². The second kappa shape index (κ2) is 6.05. The maximum atomic E-state index is 11.3. The minimum atomic E-state index is -0.486. The second-order valence-electron chi connectivity index (χ2n) is 4.53. The fourth-order valence-corrected chi connectivity index (χ4v) is 2.24. The summed E-state index contributed by atoms with van der Waals surface area (Å²) in [4.78, 5) is 21.9. The van der Waals surface area contributed by atoms with E-state index in [1.54, 1.807) is 37.3 Å². The number of hydrogen-bond donors (Lipinski definition) is 0. The fraction of sp³-hybridized carbons (Fsp3) is 0.133. The average Bonchev–Trinajstić information content (AvgIpc) is 2.42. The number of ether oxygens (including phenoxy) is 1. The molecule has 0 radical (unpaired) electrons. The van der Waals surface area contributed by atoms with Crippen molar-refractivity contribution in [2.24, 2.45) is 0 Å². The Kier molecular flexibility index (Phi) is 4.37. The molecule has 21 heavy (non-hydrogen) atoms. The van der Waals surface area contributed by atoms with E-state index < -0.39 is 4.92 Å². The summed E-state index contributed by atoms with van der Waals surface area (Å²) in [6, 6.07) is 9.58. The van der Waals surface area contributed by atoms with E-state index in [1.165, 1.54) is 13.0 Å². The lowest BCUT2D eigenvalue weighted by atomic mass is 10.1. The van der Waals surface area contributed by atoms with Gasteiger partial charge in [-0.25, -0.2) is 0 Å². The van der Waals surface area contributed by atoms with E-state index in [0.717, 1.165) is 5.56 Å². The maximum Gasteiger partial charge on any atom is 0.311 e. The number of halogens is 1. The molecule has 0 heterocycles. The summed E-state index contributed by atoms with van der Waals surface area (Å²) in [6.45, 7) is 3.24. The molecule has 0 aliphatic rings. The Labute approximate surface area is 129 Å². The van der Waals surface area contributed by atoms with Crippen LogP contribution in [0.2, 0.25) is 0 Å². The largest absolute Gasteiger partial charge is 0.449 e. The molecule has 0 atom stereocenters. The third-order valence-corrected chi connectivity index (χ3v) is 3.49. The molecule has 108 valence electrons. The molecule has 0 aromatic heterocycles. The fourth-order valence-electron chi connectivity index (χ4n) is 1.78. The highest BCUT2D eigenvalue weighted by Gasteiger charge is 2.17. The lowest BCUT2D eigenvalue weighted by Crippen LogP contribution is -1.96. The number of Topliss-reactive ketones (excluding diaryl/α,β-unsaturated/α-hetero) is 1. The van der Waals surface area contributed by atoms with E-state index >= 15 is 0 Å². The molecular formula is C15H12BrNO4. The first-order valence-electron chi connectivity index (χ1n) is 6.12. The van der Waals surface area contributed by atoms with E-state index in [-0.39, 0.29) is 17.2 Å². The quantitative estimate of drug-likeness (QED) is 0.457. The van der Waals surface area contributed by atoms with Crippen molar-refractivity contribution in [2.45, 2.75) is 13.8 Å². The molecule has 0 aliphatic carbocycles. The normalized spacial score (nSPS) is 10.2. The second-order valence-corrected chi connectivity index (χ2v) is 5.39. The number of rotatable bonds is 4. The van der Waals surface area contributed by atoms with Gasteiger partial charge in [0, 0.05) is 11.6 Å². The Morgan fingerprint density at radius 2 is 1.86 bits per heavy atom. The van der Waals surface area contributed by atoms with Crippen molar-refractivity contribution in [3.8, 4) is 11.5 Å². The van der Waals surface area contributed by atoms with Gasteiger partial charge >= 0.3 is 5.69 Å². The SMILES string of the molecule is CC(=O)c1ccc(Oc2ccc(C)cc2[N+](=O)[O-])c(Br)c1. The van der Waals surface area contributed by atoms with E-state index in [1.807, 2.05) is 0 Å². The van der Waals surface area contributed by atoms with Crippen LogP contribution in [0.15, 0.2) is 40.9 Å². The van der Waals surface area contributed by atoms with Gasteiger partial charge in [-0.15, -0.1) is 0 Å². The van der Waals surface area contributed by atoms with Crippen molar-refractivity contribution in [2.75, 3.05) is 0 Å². The number of nitrogens with zero attached hydrogens (tertiary/aromatic N) is 1. The van der Waals surface area contributed by atoms with Crippen LogP contribution in [0, 0.1) is 17.0 Å². The third-order valence-electron chi connectivity index (χ3n) is 2.87. The first-order chi connectivity index (χ1) is 9.88. The monoisotopic (exact) mass is 349 g/mol. The van der Waals surface area contributed by atoms with Crippen molar-refractivity contribution < 1.29 is 14.5 Å². The summed E-state index contributed by atoms with van der Waals surface area (Å²) >= 11 is 3.30. The van der Waals surface area contributed by atoms with Crippen LogP contribution in [0.5, 0.6) is 11.5 Å².